The Morgan fingerprint density at radius 1 is 1.19 bits per heavy atom. The summed E-state index contributed by atoms with van der Waals surface area (Å²) in [6.45, 7) is 0.493. The number of halogens is 1. The van der Waals surface area contributed by atoms with Crippen LogP contribution in [0.15, 0.2) is 53.1 Å². The Morgan fingerprint density at radius 2 is 1.93 bits per heavy atom. The van der Waals surface area contributed by atoms with E-state index >= 15 is 0 Å². The average Bonchev–Trinajstić information content (AvgIpc) is 3.44. The van der Waals surface area contributed by atoms with Crippen LogP contribution in [0.5, 0.6) is 0 Å². The van der Waals surface area contributed by atoms with Gasteiger partial charge in [-0.2, -0.15) is 4.98 Å². The molecule has 0 spiro atoms. The maximum absolute atomic E-state index is 13.5. The number of likely N-dealkylation sites (N-methyl/N-ethyl adjacent to an activating group) is 1. The second kappa shape index (κ2) is 7.31. The van der Waals surface area contributed by atoms with Gasteiger partial charge in [0.25, 0.3) is 5.91 Å². The highest BCUT2D eigenvalue weighted by atomic mass is 19.1. The van der Waals surface area contributed by atoms with Crippen molar-refractivity contribution in [2.75, 3.05) is 13.6 Å². The number of benzene rings is 2. The molecule has 0 bridgehead atoms. The Bertz CT molecular complexity index is 965. The smallest absolute Gasteiger partial charge is 0.253 e. The summed E-state index contributed by atoms with van der Waals surface area (Å²) in [5, 5.41) is 3.98. The van der Waals surface area contributed by atoms with Crippen LogP contribution in [0.1, 0.15) is 40.8 Å². The van der Waals surface area contributed by atoms with Crippen LogP contribution in [0.25, 0.3) is 11.1 Å². The zero-order chi connectivity index (χ0) is 18.8. The van der Waals surface area contributed by atoms with Gasteiger partial charge in [0.15, 0.2) is 5.82 Å². The molecule has 1 heterocycles. The molecule has 27 heavy (non-hydrogen) atoms. The molecule has 0 unspecified atom stereocenters. The van der Waals surface area contributed by atoms with Crippen molar-refractivity contribution in [2.45, 2.75) is 25.2 Å². The molecule has 1 fully saturated rings. The van der Waals surface area contributed by atoms with Gasteiger partial charge in [0.05, 0.1) is 0 Å². The molecular weight excluding hydrogens is 345 g/mol. The van der Waals surface area contributed by atoms with Crippen LogP contribution in [0, 0.1) is 5.82 Å². The molecule has 1 amide bonds. The van der Waals surface area contributed by atoms with E-state index in [9.17, 15) is 9.18 Å². The maximum Gasteiger partial charge on any atom is 0.253 e. The molecule has 5 nitrogen and oxygen atoms in total. The number of carbonyl (C=O) groups is 1. The van der Waals surface area contributed by atoms with Gasteiger partial charge in [0.2, 0.25) is 5.89 Å². The first-order chi connectivity index (χ1) is 13.1. The van der Waals surface area contributed by atoms with Crippen molar-refractivity contribution in [3.8, 4) is 11.1 Å². The number of aromatic nitrogens is 2. The fourth-order valence-electron chi connectivity index (χ4n) is 2.95. The lowest BCUT2D eigenvalue weighted by molar-refractivity contribution is 0.0796. The second-order valence-corrected chi connectivity index (χ2v) is 6.89. The molecule has 0 N–H and O–H groups in total. The van der Waals surface area contributed by atoms with Gasteiger partial charge in [-0.15, -0.1) is 0 Å². The Kier molecular flexibility index (Phi) is 4.71. The SMILES string of the molecule is CN(CCc1noc(C2CC2)n1)C(=O)c1cccc(-c2cccc(F)c2)c1. The van der Waals surface area contributed by atoms with Gasteiger partial charge in [0, 0.05) is 31.5 Å². The minimum absolute atomic E-state index is 0.0980. The van der Waals surface area contributed by atoms with Crippen LogP contribution >= 0.6 is 0 Å². The third-order valence-corrected chi connectivity index (χ3v) is 4.70. The molecule has 1 aromatic heterocycles. The maximum atomic E-state index is 13.5. The van der Waals surface area contributed by atoms with E-state index in [0.29, 0.717) is 36.2 Å². The molecule has 0 atom stereocenters. The number of hydrogen-bond acceptors (Lipinski definition) is 4. The molecule has 0 saturated heterocycles. The fraction of sp³-hybridized carbons (Fsp3) is 0.286. The lowest BCUT2D eigenvalue weighted by atomic mass is 10.0. The highest BCUT2D eigenvalue weighted by Crippen LogP contribution is 2.38. The predicted molar refractivity (Wildman–Crippen MR) is 98.8 cm³/mol. The summed E-state index contributed by atoms with van der Waals surface area (Å²) in [4.78, 5) is 18.8. The van der Waals surface area contributed by atoms with Gasteiger partial charge in [-0.05, 0) is 48.2 Å². The van der Waals surface area contributed by atoms with Crippen molar-refractivity contribution >= 4 is 5.91 Å². The molecule has 1 aliphatic carbocycles. The third kappa shape index (κ3) is 4.05. The molecule has 3 aromatic rings. The first kappa shape index (κ1) is 17.4. The molecular formula is C21H20FN3O2. The summed E-state index contributed by atoms with van der Waals surface area (Å²) in [6, 6.07) is 13.6. The molecule has 1 saturated carbocycles. The van der Waals surface area contributed by atoms with Crippen molar-refractivity contribution in [3.63, 3.8) is 0 Å². The zero-order valence-corrected chi connectivity index (χ0v) is 15.1. The first-order valence-corrected chi connectivity index (χ1v) is 9.04. The monoisotopic (exact) mass is 365 g/mol. The van der Waals surface area contributed by atoms with Crippen molar-refractivity contribution in [3.05, 3.63) is 71.6 Å². The highest BCUT2D eigenvalue weighted by molar-refractivity contribution is 5.95. The van der Waals surface area contributed by atoms with Crippen LogP contribution in [-0.4, -0.2) is 34.5 Å². The van der Waals surface area contributed by atoms with Crippen molar-refractivity contribution in [2.24, 2.45) is 0 Å². The predicted octanol–water partition coefficient (Wildman–Crippen LogP) is 4.07. The van der Waals surface area contributed by atoms with Gasteiger partial charge in [-0.1, -0.05) is 29.4 Å². The van der Waals surface area contributed by atoms with Gasteiger partial charge in [-0.3, -0.25) is 4.79 Å². The molecule has 1 aliphatic rings. The van der Waals surface area contributed by atoms with E-state index in [4.69, 9.17) is 4.52 Å². The standard InChI is InChI=1S/C21H20FN3O2/c1-25(11-10-19-23-20(27-24-19)14-8-9-14)21(26)17-6-2-4-15(12-17)16-5-3-7-18(22)13-16/h2-7,12-14H,8-11H2,1H3. The average molecular weight is 365 g/mol. The van der Waals surface area contributed by atoms with Crippen molar-refractivity contribution in [1.29, 1.82) is 0 Å². The summed E-state index contributed by atoms with van der Waals surface area (Å²) >= 11 is 0. The number of carbonyl (C=O) groups excluding carboxylic acids is 1. The number of rotatable bonds is 6. The lowest BCUT2D eigenvalue weighted by Crippen LogP contribution is -2.29. The van der Waals surface area contributed by atoms with Crippen molar-refractivity contribution in [1.82, 2.24) is 15.0 Å². The minimum Gasteiger partial charge on any atom is -0.341 e. The molecule has 4 rings (SSSR count). The Labute approximate surface area is 156 Å². The van der Waals surface area contributed by atoms with E-state index in [2.05, 4.69) is 10.1 Å². The summed E-state index contributed by atoms with van der Waals surface area (Å²) in [6.07, 6.45) is 2.77. The van der Waals surface area contributed by atoms with E-state index in [0.717, 1.165) is 24.0 Å². The van der Waals surface area contributed by atoms with E-state index < -0.39 is 0 Å². The summed E-state index contributed by atoms with van der Waals surface area (Å²) < 4.78 is 18.7. The Morgan fingerprint density at radius 3 is 2.67 bits per heavy atom. The minimum atomic E-state index is -0.299. The lowest BCUT2D eigenvalue weighted by Gasteiger charge is -2.16. The van der Waals surface area contributed by atoms with Gasteiger partial charge >= 0.3 is 0 Å². The molecule has 6 heteroatoms. The summed E-state index contributed by atoms with van der Waals surface area (Å²) in [5.74, 6) is 1.37. The van der Waals surface area contributed by atoms with Crippen LogP contribution in [0.4, 0.5) is 4.39 Å². The normalized spacial score (nSPS) is 13.6. The van der Waals surface area contributed by atoms with Gasteiger partial charge < -0.3 is 9.42 Å². The first-order valence-electron chi connectivity index (χ1n) is 9.04. The summed E-state index contributed by atoms with van der Waals surface area (Å²) in [7, 11) is 1.75. The molecule has 138 valence electrons. The largest absolute Gasteiger partial charge is 0.341 e. The van der Waals surface area contributed by atoms with E-state index in [-0.39, 0.29) is 11.7 Å². The van der Waals surface area contributed by atoms with E-state index in [1.807, 2.05) is 18.2 Å². The molecule has 2 aromatic carbocycles. The third-order valence-electron chi connectivity index (χ3n) is 4.70. The Hall–Kier alpha value is -3.02. The number of nitrogens with zero attached hydrogens (tertiary/aromatic N) is 3. The van der Waals surface area contributed by atoms with Crippen LogP contribution in [0.3, 0.4) is 0 Å². The van der Waals surface area contributed by atoms with Gasteiger partial charge in [0.1, 0.15) is 5.82 Å². The van der Waals surface area contributed by atoms with Crippen LogP contribution in [0.2, 0.25) is 0 Å². The van der Waals surface area contributed by atoms with E-state index in [1.165, 1.54) is 12.1 Å². The highest BCUT2D eigenvalue weighted by Gasteiger charge is 2.29. The number of amides is 1. The fourth-order valence-corrected chi connectivity index (χ4v) is 2.95. The molecule has 0 aliphatic heterocycles. The van der Waals surface area contributed by atoms with E-state index in [1.54, 1.807) is 30.1 Å². The van der Waals surface area contributed by atoms with Crippen LogP contribution in [-0.2, 0) is 6.42 Å². The zero-order valence-electron chi connectivity index (χ0n) is 15.1. The topological polar surface area (TPSA) is 59.2 Å². The van der Waals surface area contributed by atoms with Crippen molar-refractivity contribution < 1.29 is 13.7 Å². The van der Waals surface area contributed by atoms with Crippen LogP contribution < -0.4 is 0 Å². The number of hydrogen-bond donors (Lipinski definition) is 0. The summed E-state index contributed by atoms with van der Waals surface area (Å²) in [5.41, 5.74) is 2.11. The van der Waals surface area contributed by atoms with Gasteiger partial charge in [-0.25, -0.2) is 4.39 Å². The second-order valence-electron chi connectivity index (χ2n) is 6.89. The molecule has 0 radical (unpaired) electrons. The Balaban J connectivity index is 1.42. The quantitative estimate of drug-likeness (QED) is 0.661.